The minimum absolute atomic E-state index is 0.176. The summed E-state index contributed by atoms with van der Waals surface area (Å²) in [5, 5.41) is 5.21. The number of thiazole rings is 1. The largest absolute Gasteiger partial charge is 0.298 e. The number of carbonyl (C=O) groups excluding carboxylic acids is 1. The number of amides is 1. The van der Waals surface area contributed by atoms with Crippen molar-refractivity contribution in [1.82, 2.24) is 9.71 Å². The van der Waals surface area contributed by atoms with E-state index in [1.807, 2.05) is 19.2 Å². The number of hydrogen-bond donors (Lipinski definition) is 2. The van der Waals surface area contributed by atoms with Crippen LogP contribution in [0.2, 0.25) is 0 Å². The highest BCUT2D eigenvalue weighted by atomic mass is 32.2. The van der Waals surface area contributed by atoms with E-state index in [2.05, 4.69) is 15.0 Å². The van der Waals surface area contributed by atoms with Crippen LogP contribution >= 0.6 is 11.3 Å². The van der Waals surface area contributed by atoms with E-state index in [9.17, 15) is 13.2 Å². The summed E-state index contributed by atoms with van der Waals surface area (Å²) in [4.78, 5) is 16.5. The quantitative estimate of drug-likeness (QED) is 0.704. The standard InChI is InChI=1S/C18H23N3O3S2/c1-12(2)16-11-25-18(19-16)20-17(22)10-7-14-5-8-15(9-6-14)26(23,24)21-13(3)4/h5-13,21H,1-4H3,(H,19,20,22)/b10-7+. The Bertz CT molecular complexity index is 883. The van der Waals surface area contributed by atoms with Crippen LogP contribution in [-0.2, 0) is 14.8 Å². The smallest absolute Gasteiger partial charge is 0.250 e. The number of anilines is 1. The minimum atomic E-state index is -3.51. The lowest BCUT2D eigenvalue weighted by Gasteiger charge is -2.09. The van der Waals surface area contributed by atoms with Gasteiger partial charge in [0, 0.05) is 17.5 Å². The first kappa shape index (κ1) is 20.3. The van der Waals surface area contributed by atoms with Gasteiger partial charge in [-0.3, -0.25) is 10.1 Å². The molecule has 0 unspecified atom stereocenters. The highest BCUT2D eigenvalue weighted by Gasteiger charge is 2.14. The number of carbonyl (C=O) groups is 1. The van der Waals surface area contributed by atoms with Gasteiger partial charge in [-0.2, -0.15) is 0 Å². The van der Waals surface area contributed by atoms with E-state index in [4.69, 9.17) is 0 Å². The number of hydrogen-bond acceptors (Lipinski definition) is 5. The molecule has 0 atom stereocenters. The summed E-state index contributed by atoms with van der Waals surface area (Å²) in [5.74, 6) is 0.0280. The Morgan fingerprint density at radius 2 is 1.81 bits per heavy atom. The first-order valence-electron chi connectivity index (χ1n) is 8.24. The molecule has 0 spiro atoms. The van der Waals surface area contributed by atoms with Crippen LogP contribution in [0.1, 0.15) is 44.9 Å². The number of nitrogens with zero attached hydrogens (tertiary/aromatic N) is 1. The normalized spacial score (nSPS) is 12.2. The molecule has 140 valence electrons. The van der Waals surface area contributed by atoms with E-state index in [1.165, 1.54) is 29.5 Å². The fourth-order valence-electron chi connectivity index (χ4n) is 2.06. The predicted octanol–water partition coefficient (Wildman–Crippen LogP) is 3.61. The molecule has 0 saturated carbocycles. The maximum atomic E-state index is 12.1. The van der Waals surface area contributed by atoms with Gasteiger partial charge in [0.25, 0.3) is 0 Å². The SMILES string of the molecule is CC(C)NS(=O)(=O)c1ccc(/C=C/C(=O)Nc2nc(C(C)C)cs2)cc1. The van der Waals surface area contributed by atoms with E-state index in [0.717, 1.165) is 11.3 Å². The summed E-state index contributed by atoms with van der Waals surface area (Å²) in [6.45, 7) is 7.61. The molecule has 0 radical (unpaired) electrons. The fraction of sp³-hybridized carbons (Fsp3) is 0.333. The van der Waals surface area contributed by atoms with Crippen molar-refractivity contribution in [2.75, 3.05) is 5.32 Å². The summed E-state index contributed by atoms with van der Waals surface area (Å²) >= 11 is 1.39. The predicted molar refractivity (Wildman–Crippen MR) is 106 cm³/mol. The van der Waals surface area contributed by atoms with Crippen LogP contribution in [0, 0.1) is 0 Å². The molecule has 0 aliphatic rings. The molecule has 1 heterocycles. The van der Waals surface area contributed by atoms with Crippen molar-refractivity contribution in [2.24, 2.45) is 0 Å². The summed E-state index contributed by atoms with van der Waals surface area (Å²) < 4.78 is 26.7. The van der Waals surface area contributed by atoms with Gasteiger partial charge < -0.3 is 0 Å². The van der Waals surface area contributed by atoms with Crippen LogP contribution in [0.4, 0.5) is 5.13 Å². The summed E-state index contributed by atoms with van der Waals surface area (Å²) in [5.41, 5.74) is 1.67. The molecule has 0 bridgehead atoms. The minimum Gasteiger partial charge on any atom is -0.298 e. The molecule has 0 saturated heterocycles. The van der Waals surface area contributed by atoms with Gasteiger partial charge in [-0.05, 0) is 43.5 Å². The van der Waals surface area contributed by atoms with Gasteiger partial charge >= 0.3 is 0 Å². The lowest BCUT2D eigenvalue weighted by Crippen LogP contribution is -2.30. The van der Waals surface area contributed by atoms with E-state index in [0.29, 0.717) is 11.0 Å². The molecule has 0 aliphatic heterocycles. The van der Waals surface area contributed by atoms with E-state index < -0.39 is 10.0 Å². The number of benzene rings is 1. The van der Waals surface area contributed by atoms with Gasteiger partial charge in [-0.25, -0.2) is 18.1 Å². The number of aromatic nitrogens is 1. The molecular weight excluding hydrogens is 370 g/mol. The molecule has 2 N–H and O–H groups in total. The maximum Gasteiger partial charge on any atom is 0.250 e. The second-order valence-corrected chi connectivity index (χ2v) is 8.97. The Labute approximate surface area is 158 Å². The Kier molecular flexibility index (Phi) is 6.69. The summed E-state index contributed by atoms with van der Waals surface area (Å²) in [7, 11) is -3.51. The topological polar surface area (TPSA) is 88.2 Å². The van der Waals surface area contributed by atoms with Crippen LogP contribution in [0.5, 0.6) is 0 Å². The Hall–Kier alpha value is -2.03. The lowest BCUT2D eigenvalue weighted by molar-refractivity contribution is -0.111. The van der Waals surface area contributed by atoms with Gasteiger partial charge in [-0.15, -0.1) is 11.3 Å². The second-order valence-electron chi connectivity index (χ2n) is 6.40. The van der Waals surface area contributed by atoms with E-state index in [-0.39, 0.29) is 16.8 Å². The molecule has 0 aliphatic carbocycles. The number of sulfonamides is 1. The number of nitrogens with one attached hydrogen (secondary N) is 2. The van der Waals surface area contributed by atoms with Crippen LogP contribution in [-0.4, -0.2) is 25.4 Å². The first-order chi connectivity index (χ1) is 12.2. The van der Waals surface area contributed by atoms with Gasteiger partial charge in [0.15, 0.2) is 5.13 Å². The third-order valence-electron chi connectivity index (χ3n) is 3.35. The van der Waals surface area contributed by atoms with E-state index in [1.54, 1.807) is 32.1 Å². The monoisotopic (exact) mass is 393 g/mol. The van der Waals surface area contributed by atoms with Gasteiger partial charge in [-0.1, -0.05) is 26.0 Å². The van der Waals surface area contributed by atoms with Crippen molar-refractivity contribution in [2.45, 2.75) is 44.6 Å². The third kappa shape index (κ3) is 5.76. The lowest BCUT2D eigenvalue weighted by atomic mass is 10.2. The fourth-order valence-corrected chi connectivity index (χ4v) is 4.19. The maximum absolute atomic E-state index is 12.1. The average molecular weight is 394 g/mol. The Balaban J connectivity index is 2.00. The molecule has 1 aromatic heterocycles. The van der Waals surface area contributed by atoms with Crippen molar-refractivity contribution in [3.05, 3.63) is 47.0 Å². The molecule has 6 nitrogen and oxygen atoms in total. The van der Waals surface area contributed by atoms with Crippen molar-refractivity contribution < 1.29 is 13.2 Å². The highest BCUT2D eigenvalue weighted by Crippen LogP contribution is 2.21. The van der Waals surface area contributed by atoms with Crippen molar-refractivity contribution >= 4 is 38.5 Å². The van der Waals surface area contributed by atoms with Crippen LogP contribution < -0.4 is 10.0 Å². The zero-order chi connectivity index (χ0) is 19.3. The van der Waals surface area contributed by atoms with Gasteiger partial charge in [0.2, 0.25) is 15.9 Å². The molecule has 2 rings (SSSR count). The highest BCUT2D eigenvalue weighted by molar-refractivity contribution is 7.89. The molecule has 1 aromatic carbocycles. The molecule has 1 amide bonds. The zero-order valence-electron chi connectivity index (χ0n) is 15.2. The molecule has 26 heavy (non-hydrogen) atoms. The number of rotatable bonds is 7. The Morgan fingerprint density at radius 3 is 2.35 bits per heavy atom. The van der Waals surface area contributed by atoms with Crippen molar-refractivity contribution in [1.29, 1.82) is 0 Å². The van der Waals surface area contributed by atoms with Crippen molar-refractivity contribution in [3.8, 4) is 0 Å². The first-order valence-corrected chi connectivity index (χ1v) is 10.6. The van der Waals surface area contributed by atoms with Crippen molar-refractivity contribution in [3.63, 3.8) is 0 Å². The zero-order valence-corrected chi connectivity index (χ0v) is 16.8. The third-order valence-corrected chi connectivity index (χ3v) is 5.80. The summed E-state index contributed by atoms with van der Waals surface area (Å²) in [6, 6.07) is 6.15. The van der Waals surface area contributed by atoms with Crippen LogP contribution in [0.25, 0.3) is 6.08 Å². The van der Waals surface area contributed by atoms with Crippen LogP contribution in [0.3, 0.4) is 0 Å². The molecule has 2 aromatic rings. The molecular formula is C18H23N3O3S2. The van der Waals surface area contributed by atoms with Gasteiger partial charge in [0.1, 0.15) is 0 Å². The molecule has 0 fully saturated rings. The second kappa shape index (κ2) is 8.57. The van der Waals surface area contributed by atoms with Crippen LogP contribution in [0.15, 0.2) is 40.6 Å². The average Bonchev–Trinajstić information content (AvgIpc) is 3.01. The summed E-state index contributed by atoms with van der Waals surface area (Å²) in [6.07, 6.45) is 3.02. The molecule has 8 heteroatoms. The Morgan fingerprint density at radius 1 is 1.15 bits per heavy atom. The van der Waals surface area contributed by atoms with E-state index >= 15 is 0 Å². The van der Waals surface area contributed by atoms with Gasteiger partial charge in [0.05, 0.1) is 10.6 Å².